The van der Waals surface area contributed by atoms with Gasteiger partial charge in [-0.05, 0) is 30.7 Å². The average Bonchev–Trinajstić information content (AvgIpc) is 2.98. The minimum atomic E-state index is -0.221. The molecular weight excluding hydrogens is 264 g/mol. The minimum Gasteiger partial charge on any atom is -0.394 e. The first-order valence-corrected chi connectivity index (χ1v) is 7.32. The van der Waals surface area contributed by atoms with Crippen molar-refractivity contribution in [2.75, 3.05) is 19.7 Å². The molecule has 6 heteroatoms. The zero-order valence-corrected chi connectivity index (χ0v) is 11.5. The lowest BCUT2D eigenvalue weighted by Crippen LogP contribution is -2.49. The second kappa shape index (κ2) is 6.68. The first kappa shape index (κ1) is 14.0. The van der Waals surface area contributed by atoms with E-state index in [1.807, 2.05) is 5.38 Å². The van der Waals surface area contributed by atoms with Crippen LogP contribution < -0.4 is 5.32 Å². The van der Waals surface area contributed by atoms with Crippen molar-refractivity contribution in [2.24, 2.45) is 0 Å². The lowest BCUT2D eigenvalue weighted by Gasteiger charge is -2.34. The number of aliphatic hydroxyl groups is 1. The van der Waals surface area contributed by atoms with Crippen LogP contribution in [0.1, 0.15) is 28.9 Å². The molecule has 2 amide bonds. The van der Waals surface area contributed by atoms with Crippen LogP contribution in [0.4, 0.5) is 0 Å². The van der Waals surface area contributed by atoms with E-state index in [1.165, 1.54) is 11.3 Å². The number of rotatable bonds is 4. The predicted molar refractivity (Wildman–Crippen MR) is 73.1 cm³/mol. The van der Waals surface area contributed by atoms with Crippen LogP contribution in [0.3, 0.4) is 0 Å². The van der Waals surface area contributed by atoms with Crippen molar-refractivity contribution in [3.63, 3.8) is 0 Å². The molecule has 1 unspecified atom stereocenters. The van der Waals surface area contributed by atoms with Crippen LogP contribution in [0.25, 0.3) is 0 Å². The SMILES string of the molecule is O=C(NCC(=O)N1CCCCC1CO)c1cccs1. The molecule has 19 heavy (non-hydrogen) atoms. The van der Waals surface area contributed by atoms with Gasteiger partial charge >= 0.3 is 0 Å². The smallest absolute Gasteiger partial charge is 0.261 e. The molecule has 1 fully saturated rings. The predicted octanol–water partition coefficient (Wildman–Crippen LogP) is 0.851. The first-order chi connectivity index (χ1) is 9.22. The number of carbonyl (C=O) groups excluding carboxylic acids is 2. The third-order valence-corrected chi connectivity index (χ3v) is 4.17. The van der Waals surface area contributed by atoms with Crippen LogP contribution in [0, 0.1) is 0 Å². The summed E-state index contributed by atoms with van der Waals surface area (Å²) in [4.78, 5) is 26.0. The summed E-state index contributed by atoms with van der Waals surface area (Å²) < 4.78 is 0. The van der Waals surface area contributed by atoms with Crippen molar-refractivity contribution >= 4 is 23.2 Å². The zero-order chi connectivity index (χ0) is 13.7. The summed E-state index contributed by atoms with van der Waals surface area (Å²) in [6, 6.07) is 3.43. The molecule has 0 aromatic carbocycles. The lowest BCUT2D eigenvalue weighted by molar-refractivity contribution is -0.134. The van der Waals surface area contributed by atoms with E-state index in [0.717, 1.165) is 19.3 Å². The van der Waals surface area contributed by atoms with Crippen LogP contribution in [-0.2, 0) is 4.79 Å². The van der Waals surface area contributed by atoms with Gasteiger partial charge in [-0.1, -0.05) is 6.07 Å². The summed E-state index contributed by atoms with van der Waals surface area (Å²) in [6.45, 7) is 0.650. The molecule has 1 saturated heterocycles. The Morgan fingerprint density at radius 3 is 3.00 bits per heavy atom. The van der Waals surface area contributed by atoms with E-state index >= 15 is 0 Å². The minimum absolute atomic E-state index is 0.00671. The van der Waals surface area contributed by atoms with Gasteiger partial charge in [0.25, 0.3) is 5.91 Å². The van der Waals surface area contributed by atoms with Gasteiger partial charge < -0.3 is 15.3 Å². The van der Waals surface area contributed by atoms with Crippen molar-refractivity contribution in [2.45, 2.75) is 25.3 Å². The number of nitrogens with zero attached hydrogens (tertiary/aromatic N) is 1. The summed E-state index contributed by atoms with van der Waals surface area (Å²) in [7, 11) is 0. The number of carbonyl (C=O) groups is 2. The fourth-order valence-corrected chi connectivity index (χ4v) is 2.91. The van der Waals surface area contributed by atoms with Crippen LogP contribution in [-0.4, -0.2) is 47.6 Å². The van der Waals surface area contributed by atoms with Gasteiger partial charge in [-0.15, -0.1) is 11.3 Å². The quantitative estimate of drug-likeness (QED) is 0.860. The van der Waals surface area contributed by atoms with Crippen molar-refractivity contribution in [1.82, 2.24) is 10.2 Å². The van der Waals surface area contributed by atoms with Gasteiger partial charge in [-0.2, -0.15) is 0 Å². The molecule has 2 N–H and O–H groups in total. The second-order valence-electron chi connectivity index (χ2n) is 4.58. The average molecular weight is 282 g/mol. The number of thiophene rings is 1. The topological polar surface area (TPSA) is 69.6 Å². The highest BCUT2D eigenvalue weighted by Gasteiger charge is 2.26. The Labute approximate surface area is 116 Å². The van der Waals surface area contributed by atoms with Gasteiger partial charge in [0.15, 0.2) is 0 Å². The Hall–Kier alpha value is -1.40. The molecule has 1 aliphatic rings. The first-order valence-electron chi connectivity index (χ1n) is 6.44. The molecule has 1 aromatic heterocycles. The molecule has 0 bridgehead atoms. The summed E-state index contributed by atoms with van der Waals surface area (Å²) in [5.41, 5.74) is 0. The molecule has 0 aliphatic carbocycles. The zero-order valence-electron chi connectivity index (χ0n) is 10.7. The van der Waals surface area contributed by atoms with E-state index < -0.39 is 0 Å². The number of piperidine rings is 1. The fraction of sp³-hybridized carbons (Fsp3) is 0.538. The maximum absolute atomic E-state index is 12.0. The van der Waals surface area contributed by atoms with E-state index in [2.05, 4.69) is 5.32 Å². The van der Waals surface area contributed by atoms with E-state index in [4.69, 9.17) is 0 Å². The van der Waals surface area contributed by atoms with Crippen molar-refractivity contribution in [1.29, 1.82) is 0 Å². The van der Waals surface area contributed by atoms with Crippen molar-refractivity contribution in [3.8, 4) is 0 Å². The highest BCUT2D eigenvalue weighted by Crippen LogP contribution is 2.16. The van der Waals surface area contributed by atoms with Gasteiger partial charge in [0, 0.05) is 6.54 Å². The molecule has 1 aliphatic heterocycles. The Balaban J connectivity index is 1.85. The molecular formula is C13H18N2O3S. The Morgan fingerprint density at radius 1 is 1.47 bits per heavy atom. The maximum Gasteiger partial charge on any atom is 0.261 e. The summed E-state index contributed by atoms with van der Waals surface area (Å²) in [5, 5.41) is 13.7. The Kier molecular flexibility index (Phi) is 4.93. The van der Waals surface area contributed by atoms with Crippen LogP contribution >= 0.6 is 11.3 Å². The number of hydrogen-bond donors (Lipinski definition) is 2. The summed E-state index contributed by atoms with van der Waals surface area (Å²) in [5.74, 6) is -0.343. The number of amides is 2. The monoisotopic (exact) mass is 282 g/mol. The molecule has 0 spiro atoms. The van der Waals surface area contributed by atoms with E-state index in [-0.39, 0.29) is 31.0 Å². The third kappa shape index (κ3) is 3.54. The van der Waals surface area contributed by atoms with Crippen LogP contribution in [0.2, 0.25) is 0 Å². The van der Waals surface area contributed by atoms with Gasteiger partial charge in [0.2, 0.25) is 5.91 Å². The fourth-order valence-electron chi connectivity index (χ4n) is 2.27. The molecule has 2 rings (SSSR count). The van der Waals surface area contributed by atoms with Crippen LogP contribution in [0.5, 0.6) is 0 Å². The van der Waals surface area contributed by atoms with Crippen molar-refractivity contribution < 1.29 is 14.7 Å². The van der Waals surface area contributed by atoms with Crippen LogP contribution in [0.15, 0.2) is 17.5 Å². The van der Waals surface area contributed by atoms with E-state index in [1.54, 1.807) is 17.0 Å². The van der Waals surface area contributed by atoms with Gasteiger partial charge in [0.1, 0.15) is 0 Å². The summed E-state index contributed by atoms with van der Waals surface area (Å²) in [6.07, 6.45) is 2.83. The van der Waals surface area contributed by atoms with E-state index in [0.29, 0.717) is 11.4 Å². The van der Waals surface area contributed by atoms with Gasteiger partial charge in [0.05, 0.1) is 24.1 Å². The lowest BCUT2D eigenvalue weighted by atomic mass is 10.0. The molecule has 2 heterocycles. The highest BCUT2D eigenvalue weighted by molar-refractivity contribution is 7.12. The number of likely N-dealkylation sites (tertiary alicyclic amines) is 1. The Morgan fingerprint density at radius 2 is 2.32 bits per heavy atom. The second-order valence-corrected chi connectivity index (χ2v) is 5.53. The van der Waals surface area contributed by atoms with Crippen molar-refractivity contribution in [3.05, 3.63) is 22.4 Å². The largest absolute Gasteiger partial charge is 0.394 e. The maximum atomic E-state index is 12.0. The molecule has 104 valence electrons. The third-order valence-electron chi connectivity index (χ3n) is 3.30. The van der Waals surface area contributed by atoms with Gasteiger partial charge in [-0.25, -0.2) is 0 Å². The normalized spacial score (nSPS) is 19.2. The summed E-state index contributed by atoms with van der Waals surface area (Å²) >= 11 is 1.35. The van der Waals surface area contributed by atoms with Gasteiger partial charge in [-0.3, -0.25) is 9.59 Å². The number of hydrogen-bond acceptors (Lipinski definition) is 4. The molecule has 0 radical (unpaired) electrons. The van der Waals surface area contributed by atoms with E-state index in [9.17, 15) is 14.7 Å². The molecule has 1 aromatic rings. The highest BCUT2D eigenvalue weighted by atomic mass is 32.1. The number of nitrogens with one attached hydrogen (secondary N) is 1. The standard InChI is InChI=1S/C13H18N2O3S/c16-9-10-4-1-2-6-15(10)12(17)8-14-13(18)11-5-3-7-19-11/h3,5,7,10,16H,1-2,4,6,8-9H2,(H,14,18). The number of aliphatic hydroxyl groups excluding tert-OH is 1. The molecule has 5 nitrogen and oxygen atoms in total. The molecule has 1 atom stereocenters. The Bertz CT molecular complexity index is 433. The molecule has 0 saturated carbocycles.